The van der Waals surface area contributed by atoms with Gasteiger partial charge in [-0.05, 0) is 65.6 Å². The van der Waals surface area contributed by atoms with Crippen LogP contribution in [0.2, 0.25) is 0 Å². The molecule has 250 valence electrons. The van der Waals surface area contributed by atoms with Crippen molar-refractivity contribution in [2.75, 3.05) is 0 Å². The fraction of sp³-hybridized carbons (Fsp3) is 0.689. The lowest BCUT2D eigenvalue weighted by molar-refractivity contribution is 0.396. The van der Waals surface area contributed by atoms with E-state index in [0.29, 0.717) is 0 Å². The van der Waals surface area contributed by atoms with Gasteiger partial charge in [-0.25, -0.2) is 0 Å². The Morgan fingerprint density at radius 2 is 0.933 bits per heavy atom. The van der Waals surface area contributed by atoms with Gasteiger partial charge in [-0.2, -0.15) is 0 Å². The van der Waals surface area contributed by atoms with Gasteiger partial charge in [0.25, 0.3) is 0 Å². The topological polar surface area (TPSA) is 0 Å². The van der Waals surface area contributed by atoms with Crippen LogP contribution in [0, 0.1) is 0 Å². The first-order valence-corrected chi connectivity index (χ1v) is 20.1. The summed E-state index contributed by atoms with van der Waals surface area (Å²) >= 11 is 0. The molecule has 45 heavy (non-hydrogen) atoms. The normalized spacial score (nSPS) is 14.4. The molecular formula is C45H70. The molecular weight excluding hydrogens is 540 g/mol. The fourth-order valence-corrected chi connectivity index (χ4v) is 8.66. The first-order chi connectivity index (χ1) is 22.2. The summed E-state index contributed by atoms with van der Waals surface area (Å²) in [6.07, 6.45) is 40.5. The Hall–Kier alpha value is -1.82. The van der Waals surface area contributed by atoms with Gasteiger partial charge in [-0.1, -0.05) is 210 Å². The predicted molar refractivity (Wildman–Crippen MR) is 201 cm³/mol. The Kier molecular flexibility index (Phi) is 16.3. The van der Waals surface area contributed by atoms with Crippen LogP contribution in [-0.4, -0.2) is 0 Å². The highest BCUT2D eigenvalue weighted by atomic mass is 14.5. The highest BCUT2D eigenvalue weighted by Gasteiger charge is 2.42. The zero-order valence-electron chi connectivity index (χ0n) is 30.1. The summed E-state index contributed by atoms with van der Waals surface area (Å²) in [7, 11) is 0. The van der Waals surface area contributed by atoms with Gasteiger partial charge in [0.2, 0.25) is 0 Å². The number of benzene rings is 2. The predicted octanol–water partition coefficient (Wildman–Crippen LogP) is 15.1. The van der Waals surface area contributed by atoms with Crippen molar-refractivity contribution in [3.63, 3.8) is 0 Å². The summed E-state index contributed by atoms with van der Waals surface area (Å²) in [5, 5.41) is 0. The van der Waals surface area contributed by atoms with Crippen LogP contribution in [0.15, 0.2) is 42.0 Å². The van der Waals surface area contributed by atoms with Crippen molar-refractivity contribution < 1.29 is 0 Å². The quantitative estimate of drug-likeness (QED) is 0.0929. The van der Waals surface area contributed by atoms with Crippen molar-refractivity contribution in [3.8, 4) is 11.1 Å². The van der Waals surface area contributed by atoms with Crippen LogP contribution in [0.1, 0.15) is 210 Å². The molecule has 0 N–H and O–H groups in total. The lowest BCUT2D eigenvalue weighted by atomic mass is 9.70. The number of hydrogen-bond acceptors (Lipinski definition) is 0. The van der Waals surface area contributed by atoms with E-state index in [1.54, 1.807) is 22.3 Å². The van der Waals surface area contributed by atoms with Gasteiger partial charge in [-0.15, -0.1) is 0 Å². The smallest absolute Gasteiger partial charge is 0.0215 e. The lowest BCUT2D eigenvalue weighted by Gasteiger charge is -2.33. The van der Waals surface area contributed by atoms with E-state index >= 15 is 0 Å². The molecule has 0 saturated carbocycles. The molecule has 2 aliphatic rings. The van der Waals surface area contributed by atoms with E-state index < -0.39 is 0 Å². The monoisotopic (exact) mass is 611 g/mol. The van der Waals surface area contributed by atoms with E-state index in [1.807, 2.05) is 0 Å². The van der Waals surface area contributed by atoms with E-state index in [9.17, 15) is 0 Å². The average Bonchev–Trinajstić information content (AvgIpc) is 3.55. The maximum atomic E-state index is 2.67. The summed E-state index contributed by atoms with van der Waals surface area (Å²) in [5.41, 5.74) is 11.2. The molecule has 0 spiro atoms. The number of hydrogen-bond donors (Lipinski definition) is 0. The molecule has 0 fully saturated rings. The third-order valence-electron chi connectivity index (χ3n) is 11.3. The first-order valence-electron chi connectivity index (χ1n) is 20.1. The van der Waals surface area contributed by atoms with Gasteiger partial charge in [0.15, 0.2) is 0 Å². The van der Waals surface area contributed by atoms with Crippen molar-refractivity contribution in [2.24, 2.45) is 0 Å². The van der Waals surface area contributed by atoms with Gasteiger partial charge in [0.1, 0.15) is 0 Å². The molecule has 0 amide bonds. The molecule has 0 aromatic heterocycles. The molecule has 2 aromatic carbocycles. The van der Waals surface area contributed by atoms with Crippen LogP contribution in [-0.2, 0) is 11.8 Å². The second kappa shape index (κ2) is 20.4. The third-order valence-corrected chi connectivity index (χ3v) is 11.3. The Morgan fingerprint density at radius 3 is 1.42 bits per heavy atom. The number of fused-ring (bicyclic) bond motifs is 4. The van der Waals surface area contributed by atoms with Gasteiger partial charge >= 0.3 is 0 Å². The average molecular weight is 611 g/mol. The standard InChI is InChI=1S/C45H70/c1-4-6-8-10-12-14-16-18-20-22-24-28-32-45(33-29-25-23-21-19-17-15-13-11-9-7-5-2)43-31-27-26-30-41(43)42-36-39-34-38(3)35-40(39)37-44(42)45/h26-27,30-31,34,36-37H,4-25,28-29,32-33,35H2,1-3H3. The van der Waals surface area contributed by atoms with E-state index in [4.69, 9.17) is 0 Å². The fourth-order valence-electron chi connectivity index (χ4n) is 8.66. The number of unbranched alkanes of at least 4 members (excludes halogenated alkanes) is 22. The van der Waals surface area contributed by atoms with Crippen molar-refractivity contribution in [3.05, 3.63) is 64.2 Å². The molecule has 0 radical (unpaired) electrons. The van der Waals surface area contributed by atoms with Gasteiger partial charge in [0.05, 0.1) is 0 Å². The Labute approximate surface area is 280 Å². The molecule has 0 saturated heterocycles. The summed E-state index contributed by atoms with van der Waals surface area (Å²) in [4.78, 5) is 0. The van der Waals surface area contributed by atoms with Crippen LogP contribution in [0.4, 0.5) is 0 Å². The van der Waals surface area contributed by atoms with E-state index in [-0.39, 0.29) is 5.41 Å². The molecule has 0 bridgehead atoms. The van der Waals surface area contributed by atoms with Crippen LogP contribution < -0.4 is 0 Å². The number of rotatable bonds is 26. The molecule has 4 rings (SSSR count). The Balaban J connectivity index is 1.30. The minimum atomic E-state index is 0.217. The maximum absolute atomic E-state index is 2.67. The minimum absolute atomic E-state index is 0.217. The Bertz CT molecular complexity index is 1100. The zero-order valence-corrected chi connectivity index (χ0v) is 30.1. The molecule has 0 nitrogen and oxygen atoms in total. The van der Waals surface area contributed by atoms with Gasteiger partial charge in [0, 0.05) is 5.41 Å². The highest BCUT2D eigenvalue weighted by Crippen LogP contribution is 2.55. The van der Waals surface area contributed by atoms with Crippen LogP contribution in [0.25, 0.3) is 17.2 Å². The van der Waals surface area contributed by atoms with Crippen molar-refractivity contribution in [1.29, 1.82) is 0 Å². The SMILES string of the molecule is CCCCCCCCCCCCCCC1(CCCCCCCCCCCCCC)c2ccccc2-c2cc3c(cc21)CC(C)=C3. The van der Waals surface area contributed by atoms with E-state index in [1.165, 1.54) is 184 Å². The molecule has 0 atom stereocenters. The molecule has 2 aromatic rings. The third kappa shape index (κ3) is 10.9. The summed E-state index contributed by atoms with van der Waals surface area (Å²) in [6, 6.07) is 14.8. The lowest BCUT2D eigenvalue weighted by Crippen LogP contribution is -2.25. The summed E-state index contributed by atoms with van der Waals surface area (Å²) < 4.78 is 0. The largest absolute Gasteiger partial charge is 0.0683 e. The number of allylic oxidation sites excluding steroid dienone is 1. The molecule has 0 heteroatoms. The van der Waals surface area contributed by atoms with E-state index in [0.717, 1.165) is 6.42 Å². The van der Waals surface area contributed by atoms with Crippen LogP contribution >= 0.6 is 0 Å². The minimum Gasteiger partial charge on any atom is -0.0683 e. The summed E-state index contributed by atoms with van der Waals surface area (Å²) in [5.74, 6) is 0. The molecule has 0 aliphatic heterocycles. The summed E-state index contributed by atoms with van der Waals surface area (Å²) in [6.45, 7) is 6.94. The maximum Gasteiger partial charge on any atom is 0.0215 e. The van der Waals surface area contributed by atoms with Gasteiger partial charge in [-0.3, -0.25) is 0 Å². The molecule has 0 heterocycles. The van der Waals surface area contributed by atoms with Crippen molar-refractivity contribution in [2.45, 2.75) is 200 Å². The molecule has 2 aliphatic carbocycles. The van der Waals surface area contributed by atoms with Crippen molar-refractivity contribution >= 4 is 6.08 Å². The highest BCUT2D eigenvalue weighted by molar-refractivity contribution is 5.84. The van der Waals surface area contributed by atoms with Crippen LogP contribution in [0.3, 0.4) is 0 Å². The van der Waals surface area contributed by atoms with Crippen molar-refractivity contribution in [1.82, 2.24) is 0 Å². The Morgan fingerprint density at radius 1 is 0.489 bits per heavy atom. The van der Waals surface area contributed by atoms with Gasteiger partial charge < -0.3 is 0 Å². The first kappa shape index (κ1) is 36.0. The second-order valence-corrected chi connectivity index (χ2v) is 15.2. The molecule has 0 unspecified atom stereocenters. The zero-order chi connectivity index (χ0) is 31.6. The van der Waals surface area contributed by atoms with E-state index in [2.05, 4.69) is 63.2 Å². The second-order valence-electron chi connectivity index (χ2n) is 15.2. The van der Waals surface area contributed by atoms with Crippen LogP contribution in [0.5, 0.6) is 0 Å².